The first-order valence-electron chi connectivity index (χ1n) is 8.69. The second kappa shape index (κ2) is 8.66. The number of anilines is 1. The molecule has 0 unspecified atom stereocenters. The first kappa shape index (κ1) is 18.9. The number of carbonyl (C=O) groups is 1. The van der Waals surface area contributed by atoms with Gasteiger partial charge in [0.15, 0.2) is 5.13 Å². The smallest absolute Gasteiger partial charge is 0.260 e. The number of para-hydroxylation sites is 1. The summed E-state index contributed by atoms with van der Waals surface area (Å²) >= 11 is 3.23. The molecule has 0 saturated carbocycles. The van der Waals surface area contributed by atoms with E-state index < -0.39 is 0 Å². The van der Waals surface area contributed by atoms with Crippen LogP contribution in [0.1, 0.15) is 16.8 Å². The molecule has 0 saturated heterocycles. The Morgan fingerprint density at radius 1 is 1.19 bits per heavy atom. The van der Waals surface area contributed by atoms with E-state index >= 15 is 0 Å². The summed E-state index contributed by atoms with van der Waals surface area (Å²) in [7, 11) is 4.26. The van der Waals surface area contributed by atoms with Gasteiger partial charge in [-0.2, -0.15) is 0 Å². The van der Waals surface area contributed by atoms with Crippen molar-refractivity contribution >= 4 is 44.4 Å². The van der Waals surface area contributed by atoms with E-state index in [0.29, 0.717) is 12.1 Å². The van der Waals surface area contributed by atoms with E-state index in [1.165, 1.54) is 4.90 Å². The summed E-state index contributed by atoms with van der Waals surface area (Å²) in [5.74, 6) is 0.0220. The van der Waals surface area contributed by atoms with Crippen molar-refractivity contribution in [2.24, 2.45) is 0 Å². The number of amides is 1. The molecular formula is C20H24N3OS2+. The zero-order valence-corrected chi connectivity index (χ0v) is 17.0. The SMILES string of the molecule is CSc1cccc(C(=O)N(CCC[NH+](C)C)c2nc3ccccc3s2)c1. The summed E-state index contributed by atoms with van der Waals surface area (Å²) < 4.78 is 1.11. The molecule has 0 aliphatic heterocycles. The van der Waals surface area contributed by atoms with Gasteiger partial charge in [0, 0.05) is 23.4 Å². The number of thiazole rings is 1. The number of fused-ring (bicyclic) bond motifs is 1. The van der Waals surface area contributed by atoms with Gasteiger partial charge in [0.05, 0.1) is 30.9 Å². The van der Waals surface area contributed by atoms with Crippen LogP contribution in [0.2, 0.25) is 0 Å². The number of thioether (sulfide) groups is 1. The van der Waals surface area contributed by atoms with Crippen molar-refractivity contribution in [1.29, 1.82) is 0 Å². The minimum atomic E-state index is 0.0220. The van der Waals surface area contributed by atoms with Gasteiger partial charge in [0.25, 0.3) is 5.91 Å². The third-order valence-electron chi connectivity index (χ3n) is 4.13. The van der Waals surface area contributed by atoms with Crippen molar-refractivity contribution in [2.75, 3.05) is 38.3 Å². The van der Waals surface area contributed by atoms with Crippen molar-refractivity contribution in [3.63, 3.8) is 0 Å². The quantitative estimate of drug-likeness (QED) is 0.634. The number of nitrogens with zero attached hydrogens (tertiary/aromatic N) is 2. The molecular weight excluding hydrogens is 362 g/mol. The number of nitrogens with one attached hydrogen (secondary N) is 1. The van der Waals surface area contributed by atoms with E-state index in [9.17, 15) is 4.79 Å². The summed E-state index contributed by atoms with van der Waals surface area (Å²) in [6.45, 7) is 1.69. The summed E-state index contributed by atoms with van der Waals surface area (Å²) in [5.41, 5.74) is 1.66. The lowest BCUT2D eigenvalue weighted by molar-refractivity contribution is -0.858. The maximum Gasteiger partial charge on any atom is 0.260 e. The van der Waals surface area contributed by atoms with Gasteiger partial charge >= 0.3 is 0 Å². The molecule has 0 bridgehead atoms. The molecule has 3 aromatic rings. The Kier molecular flexibility index (Phi) is 6.29. The van der Waals surface area contributed by atoms with E-state index in [2.05, 4.69) is 20.2 Å². The monoisotopic (exact) mass is 386 g/mol. The Morgan fingerprint density at radius 3 is 2.73 bits per heavy atom. The Labute approximate surface area is 162 Å². The van der Waals surface area contributed by atoms with Gasteiger partial charge in [0.1, 0.15) is 0 Å². The lowest BCUT2D eigenvalue weighted by atomic mass is 10.2. The number of carbonyl (C=O) groups excluding carboxylic acids is 1. The van der Waals surface area contributed by atoms with Crippen LogP contribution >= 0.6 is 23.1 Å². The van der Waals surface area contributed by atoms with E-state index in [-0.39, 0.29) is 5.91 Å². The molecule has 0 spiro atoms. The van der Waals surface area contributed by atoms with Crippen LogP contribution in [0.5, 0.6) is 0 Å². The van der Waals surface area contributed by atoms with Crippen LogP contribution in [-0.2, 0) is 0 Å². The highest BCUT2D eigenvalue weighted by Gasteiger charge is 2.21. The minimum Gasteiger partial charge on any atom is -0.340 e. The third kappa shape index (κ3) is 4.44. The molecule has 1 aromatic heterocycles. The zero-order valence-electron chi connectivity index (χ0n) is 15.4. The number of hydrogen-bond donors (Lipinski definition) is 1. The lowest BCUT2D eigenvalue weighted by Crippen LogP contribution is -3.05. The Hall–Kier alpha value is -1.89. The molecule has 6 heteroatoms. The maximum atomic E-state index is 13.2. The summed E-state index contributed by atoms with van der Waals surface area (Å²) in [6.07, 6.45) is 2.96. The highest BCUT2D eigenvalue weighted by Crippen LogP contribution is 2.30. The fourth-order valence-corrected chi connectivity index (χ4v) is 4.21. The van der Waals surface area contributed by atoms with Gasteiger partial charge < -0.3 is 4.90 Å². The van der Waals surface area contributed by atoms with Gasteiger partial charge in [-0.3, -0.25) is 9.69 Å². The number of benzene rings is 2. The highest BCUT2D eigenvalue weighted by molar-refractivity contribution is 7.98. The Bertz CT molecular complexity index is 858. The van der Waals surface area contributed by atoms with Crippen LogP contribution in [0.15, 0.2) is 53.4 Å². The topological polar surface area (TPSA) is 37.6 Å². The standard InChI is InChI=1S/C20H23N3OS2/c1-22(2)12-7-13-23(19(24)15-8-6-9-16(14-15)25-3)20-21-17-10-4-5-11-18(17)26-20/h4-6,8-11,14H,7,12-13H2,1-3H3/p+1. The largest absolute Gasteiger partial charge is 0.340 e. The maximum absolute atomic E-state index is 13.2. The summed E-state index contributed by atoms with van der Waals surface area (Å²) in [5, 5.41) is 0.777. The van der Waals surface area contributed by atoms with Crippen LogP contribution in [0.25, 0.3) is 10.2 Å². The number of quaternary nitrogens is 1. The van der Waals surface area contributed by atoms with Crippen LogP contribution < -0.4 is 9.80 Å². The molecule has 0 fully saturated rings. The second-order valence-corrected chi connectivity index (χ2v) is 8.35. The van der Waals surface area contributed by atoms with Crippen molar-refractivity contribution in [1.82, 2.24) is 4.98 Å². The van der Waals surface area contributed by atoms with E-state index in [0.717, 1.165) is 33.2 Å². The normalized spacial score (nSPS) is 11.2. The average molecular weight is 387 g/mol. The first-order chi connectivity index (χ1) is 12.6. The Balaban J connectivity index is 1.92. The Morgan fingerprint density at radius 2 is 2.00 bits per heavy atom. The van der Waals surface area contributed by atoms with Gasteiger partial charge in [-0.25, -0.2) is 4.98 Å². The van der Waals surface area contributed by atoms with Gasteiger partial charge in [-0.1, -0.05) is 29.5 Å². The average Bonchev–Trinajstić information content (AvgIpc) is 3.08. The first-order valence-corrected chi connectivity index (χ1v) is 10.7. The third-order valence-corrected chi connectivity index (χ3v) is 5.92. The fraction of sp³-hybridized carbons (Fsp3) is 0.300. The highest BCUT2D eigenvalue weighted by atomic mass is 32.2. The van der Waals surface area contributed by atoms with E-state index in [1.54, 1.807) is 23.1 Å². The van der Waals surface area contributed by atoms with E-state index in [1.807, 2.05) is 53.6 Å². The van der Waals surface area contributed by atoms with Crippen LogP contribution in [0, 0.1) is 0 Å². The molecule has 136 valence electrons. The van der Waals surface area contributed by atoms with Crippen molar-refractivity contribution in [2.45, 2.75) is 11.3 Å². The number of hydrogen-bond acceptors (Lipinski definition) is 4. The predicted molar refractivity (Wildman–Crippen MR) is 112 cm³/mol. The zero-order chi connectivity index (χ0) is 18.5. The molecule has 3 rings (SSSR count). The molecule has 0 aliphatic rings. The second-order valence-electron chi connectivity index (χ2n) is 6.46. The van der Waals surface area contributed by atoms with Crippen LogP contribution in [0.4, 0.5) is 5.13 Å². The summed E-state index contributed by atoms with van der Waals surface area (Å²) in [6, 6.07) is 15.9. The molecule has 0 aliphatic carbocycles. The van der Waals surface area contributed by atoms with E-state index in [4.69, 9.17) is 4.98 Å². The molecule has 26 heavy (non-hydrogen) atoms. The molecule has 0 atom stereocenters. The molecule has 1 heterocycles. The fourth-order valence-electron chi connectivity index (χ4n) is 2.76. The van der Waals surface area contributed by atoms with Crippen molar-refractivity contribution < 1.29 is 9.69 Å². The van der Waals surface area contributed by atoms with Crippen LogP contribution in [-0.4, -0.2) is 44.3 Å². The van der Waals surface area contributed by atoms with Gasteiger partial charge in [-0.15, -0.1) is 11.8 Å². The van der Waals surface area contributed by atoms with Crippen LogP contribution in [0.3, 0.4) is 0 Å². The molecule has 1 amide bonds. The molecule has 1 N–H and O–H groups in total. The lowest BCUT2D eigenvalue weighted by Gasteiger charge is -2.20. The van der Waals surface area contributed by atoms with Gasteiger partial charge in [-0.05, 0) is 36.6 Å². The minimum absolute atomic E-state index is 0.0220. The number of aromatic nitrogens is 1. The molecule has 2 aromatic carbocycles. The van der Waals surface area contributed by atoms with Crippen molar-refractivity contribution in [3.05, 3.63) is 54.1 Å². The molecule has 4 nitrogen and oxygen atoms in total. The van der Waals surface area contributed by atoms with Crippen molar-refractivity contribution in [3.8, 4) is 0 Å². The predicted octanol–water partition coefficient (Wildman–Crippen LogP) is 3.20. The number of rotatable bonds is 7. The molecule has 0 radical (unpaired) electrons. The van der Waals surface area contributed by atoms with Gasteiger partial charge in [0.2, 0.25) is 0 Å². The summed E-state index contributed by atoms with van der Waals surface area (Å²) in [4.78, 5) is 22.3.